The van der Waals surface area contributed by atoms with Gasteiger partial charge in [-0.15, -0.1) is 12.4 Å². The highest BCUT2D eigenvalue weighted by atomic mass is 35.5. The van der Waals surface area contributed by atoms with E-state index < -0.39 is 0 Å². The number of nitrogens with one attached hydrogen (secondary N) is 1. The molecule has 0 saturated carbocycles. The Labute approximate surface area is 133 Å². The highest BCUT2D eigenvalue weighted by molar-refractivity contribution is 5.97. The minimum atomic E-state index is 0. The van der Waals surface area contributed by atoms with Gasteiger partial charge in [-0.25, -0.2) is 0 Å². The van der Waals surface area contributed by atoms with Gasteiger partial charge in [0.15, 0.2) is 0 Å². The van der Waals surface area contributed by atoms with E-state index in [1.54, 1.807) is 0 Å². The first kappa shape index (κ1) is 16.2. The van der Waals surface area contributed by atoms with Gasteiger partial charge in [-0.3, -0.25) is 4.79 Å². The highest BCUT2D eigenvalue weighted by Crippen LogP contribution is 2.29. The van der Waals surface area contributed by atoms with Crippen molar-refractivity contribution in [2.24, 2.45) is 5.92 Å². The second-order valence-corrected chi connectivity index (χ2v) is 6.22. The molecule has 1 aromatic rings. The van der Waals surface area contributed by atoms with Gasteiger partial charge in [0.1, 0.15) is 0 Å². The summed E-state index contributed by atoms with van der Waals surface area (Å²) in [4.78, 5) is 15.0. The van der Waals surface area contributed by atoms with Crippen LogP contribution in [0.5, 0.6) is 0 Å². The number of anilines is 1. The Bertz CT molecular complexity index is 518. The summed E-state index contributed by atoms with van der Waals surface area (Å²) in [6, 6.07) is 6.44. The fraction of sp³-hybridized carbons (Fsp3) is 0.588. The number of rotatable bonds is 1. The van der Waals surface area contributed by atoms with Gasteiger partial charge in [-0.05, 0) is 56.2 Å². The molecule has 0 aliphatic carbocycles. The number of likely N-dealkylation sites (tertiary alicyclic amines) is 1. The standard InChI is InChI=1S/C17H24N2O.ClH/c1-12-6-5-11-19(13(12)2)17(20)15-7-3-9-16-14(15)8-4-10-18-16;/h3,7,9,12-13,18H,4-6,8,10-11H2,1-2H3;1H. The molecule has 4 heteroatoms. The van der Waals surface area contributed by atoms with E-state index in [1.165, 1.54) is 12.0 Å². The van der Waals surface area contributed by atoms with Crippen molar-refractivity contribution in [3.63, 3.8) is 0 Å². The van der Waals surface area contributed by atoms with E-state index in [4.69, 9.17) is 0 Å². The first-order valence-corrected chi connectivity index (χ1v) is 7.85. The quantitative estimate of drug-likeness (QED) is 0.857. The van der Waals surface area contributed by atoms with Gasteiger partial charge >= 0.3 is 0 Å². The maximum Gasteiger partial charge on any atom is 0.254 e. The molecule has 2 aliphatic rings. The normalized spacial score (nSPS) is 24.6. The SMILES string of the molecule is CC1CCCN(C(=O)c2cccc3c2CCCN3)C1C.Cl. The molecular formula is C17H25ClN2O. The lowest BCUT2D eigenvalue weighted by Gasteiger charge is -2.38. The number of piperidine rings is 1. The summed E-state index contributed by atoms with van der Waals surface area (Å²) >= 11 is 0. The molecule has 1 N–H and O–H groups in total. The fourth-order valence-corrected chi connectivity index (χ4v) is 3.49. The Balaban J connectivity index is 0.00000161. The van der Waals surface area contributed by atoms with Crippen LogP contribution in [0.15, 0.2) is 18.2 Å². The number of fused-ring (bicyclic) bond motifs is 1. The van der Waals surface area contributed by atoms with Crippen LogP contribution in [0.25, 0.3) is 0 Å². The second kappa shape index (κ2) is 6.69. The van der Waals surface area contributed by atoms with Crippen LogP contribution in [-0.4, -0.2) is 29.9 Å². The van der Waals surface area contributed by atoms with E-state index in [9.17, 15) is 4.79 Å². The molecule has 2 atom stereocenters. The number of hydrogen-bond donors (Lipinski definition) is 1. The first-order chi connectivity index (χ1) is 9.68. The number of carbonyl (C=O) groups is 1. The van der Waals surface area contributed by atoms with Crippen LogP contribution in [0.1, 0.15) is 49.0 Å². The predicted octanol–water partition coefficient (Wildman–Crippen LogP) is 3.73. The molecule has 1 amide bonds. The van der Waals surface area contributed by atoms with Gasteiger partial charge in [0.05, 0.1) is 0 Å². The molecule has 2 heterocycles. The van der Waals surface area contributed by atoms with Crippen LogP contribution in [0.4, 0.5) is 5.69 Å². The molecule has 0 aromatic heterocycles. The minimum absolute atomic E-state index is 0. The molecule has 2 unspecified atom stereocenters. The maximum absolute atomic E-state index is 12.9. The number of hydrogen-bond acceptors (Lipinski definition) is 2. The molecular weight excluding hydrogens is 284 g/mol. The zero-order valence-corrected chi connectivity index (χ0v) is 13.7. The molecule has 1 saturated heterocycles. The van der Waals surface area contributed by atoms with Crippen LogP contribution in [0, 0.1) is 5.92 Å². The van der Waals surface area contributed by atoms with Crippen molar-refractivity contribution in [1.82, 2.24) is 4.90 Å². The third-order valence-electron chi connectivity index (χ3n) is 4.96. The summed E-state index contributed by atoms with van der Waals surface area (Å²) in [5, 5.41) is 3.41. The summed E-state index contributed by atoms with van der Waals surface area (Å²) < 4.78 is 0. The van der Waals surface area contributed by atoms with Crippen LogP contribution in [-0.2, 0) is 6.42 Å². The monoisotopic (exact) mass is 308 g/mol. The third kappa shape index (κ3) is 3.03. The molecule has 116 valence electrons. The topological polar surface area (TPSA) is 32.3 Å². The Morgan fingerprint density at radius 1 is 1.29 bits per heavy atom. The van der Waals surface area contributed by atoms with Crippen molar-refractivity contribution in [1.29, 1.82) is 0 Å². The summed E-state index contributed by atoms with van der Waals surface area (Å²) in [6.07, 6.45) is 4.50. The lowest BCUT2D eigenvalue weighted by molar-refractivity contribution is 0.0550. The molecule has 0 radical (unpaired) electrons. The van der Waals surface area contributed by atoms with Crippen molar-refractivity contribution < 1.29 is 4.79 Å². The average Bonchev–Trinajstić information content (AvgIpc) is 2.49. The average molecular weight is 309 g/mol. The zero-order valence-electron chi connectivity index (χ0n) is 12.9. The number of carbonyl (C=O) groups excluding carboxylic acids is 1. The first-order valence-electron chi connectivity index (χ1n) is 7.85. The van der Waals surface area contributed by atoms with Crippen LogP contribution < -0.4 is 5.32 Å². The van der Waals surface area contributed by atoms with E-state index in [0.29, 0.717) is 12.0 Å². The Hall–Kier alpha value is -1.22. The molecule has 0 spiro atoms. The summed E-state index contributed by atoms with van der Waals surface area (Å²) in [5.74, 6) is 0.829. The van der Waals surface area contributed by atoms with Gasteiger partial charge in [-0.1, -0.05) is 13.0 Å². The number of benzene rings is 1. The molecule has 3 nitrogen and oxygen atoms in total. The van der Waals surface area contributed by atoms with Gasteiger partial charge in [0, 0.05) is 30.4 Å². The largest absolute Gasteiger partial charge is 0.385 e. The second-order valence-electron chi connectivity index (χ2n) is 6.22. The summed E-state index contributed by atoms with van der Waals surface area (Å²) in [6.45, 7) is 6.37. The Morgan fingerprint density at radius 3 is 2.90 bits per heavy atom. The third-order valence-corrected chi connectivity index (χ3v) is 4.96. The number of nitrogens with zero attached hydrogens (tertiary/aromatic N) is 1. The van der Waals surface area contributed by atoms with Crippen LogP contribution >= 0.6 is 12.4 Å². The van der Waals surface area contributed by atoms with E-state index in [1.807, 2.05) is 12.1 Å². The molecule has 21 heavy (non-hydrogen) atoms. The molecule has 0 bridgehead atoms. The van der Waals surface area contributed by atoms with Crippen molar-refractivity contribution in [2.45, 2.75) is 45.6 Å². The lowest BCUT2D eigenvalue weighted by atomic mass is 9.90. The summed E-state index contributed by atoms with van der Waals surface area (Å²) in [7, 11) is 0. The lowest BCUT2D eigenvalue weighted by Crippen LogP contribution is -2.46. The smallest absolute Gasteiger partial charge is 0.254 e. The van der Waals surface area contributed by atoms with Gasteiger partial charge in [0.25, 0.3) is 5.91 Å². The number of halogens is 1. The van der Waals surface area contributed by atoms with Crippen LogP contribution in [0.3, 0.4) is 0 Å². The Kier molecular flexibility index (Phi) is 5.15. The number of amides is 1. The van der Waals surface area contributed by atoms with Crippen LogP contribution in [0.2, 0.25) is 0 Å². The van der Waals surface area contributed by atoms with Crippen molar-refractivity contribution in [3.8, 4) is 0 Å². The van der Waals surface area contributed by atoms with Gasteiger partial charge < -0.3 is 10.2 Å². The van der Waals surface area contributed by atoms with Crippen molar-refractivity contribution >= 4 is 24.0 Å². The molecule has 2 aliphatic heterocycles. The van der Waals surface area contributed by atoms with E-state index in [0.717, 1.165) is 43.6 Å². The molecule has 1 fully saturated rings. The fourth-order valence-electron chi connectivity index (χ4n) is 3.49. The minimum Gasteiger partial charge on any atom is -0.385 e. The Morgan fingerprint density at radius 2 is 2.10 bits per heavy atom. The molecule has 3 rings (SSSR count). The van der Waals surface area contributed by atoms with Crippen molar-refractivity contribution in [2.75, 3.05) is 18.4 Å². The van der Waals surface area contributed by atoms with E-state index in [-0.39, 0.29) is 18.3 Å². The van der Waals surface area contributed by atoms with E-state index >= 15 is 0 Å². The predicted molar refractivity (Wildman–Crippen MR) is 89.4 cm³/mol. The maximum atomic E-state index is 12.9. The van der Waals surface area contributed by atoms with Gasteiger partial charge in [0.2, 0.25) is 0 Å². The van der Waals surface area contributed by atoms with Crippen molar-refractivity contribution in [3.05, 3.63) is 29.3 Å². The highest BCUT2D eigenvalue weighted by Gasteiger charge is 2.30. The van der Waals surface area contributed by atoms with E-state index in [2.05, 4.69) is 30.1 Å². The molecule has 1 aromatic carbocycles. The zero-order chi connectivity index (χ0) is 14.1. The summed E-state index contributed by atoms with van der Waals surface area (Å²) in [5.41, 5.74) is 3.28. The van der Waals surface area contributed by atoms with Gasteiger partial charge in [-0.2, -0.15) is 0 Å².